The minimum absolute atomic E-state index is 0.141. The van der Waals surface area contributed by atoms with Gasteiger partial charge in [-0.25, -0.2) is 4.79 Å². The van der Waals surface area contributed by atoms with Crippen molar-refractivity contribution < 1.29 is 9.32 Å². The van der Waals surface area contributed by atoms with Crippen LogP contribution in [0, 0.1) is 6.92 Å². The second-order valence-electron chi connectivity index (χ2n) is 8.43. The van der Waals surface area contributed by atoms with E-state index < -0.39 is 0 Å². The van der Waals surface area contributed by atoms with E-state index in [1.807, 2.05) is 55.6 Å². The lowest BCUT2D eigenvalue weighted by molar-refractivity contribution is 0.203. The summed E-state index contributed by atoms with van der Waals surface area (Å²) in [6.07, 6.45) is 0.956. The van der Waals surface area contributed by atoms with Gasteiger partial charge in [-0.3, -0.25) is 4.90 Å². The molecule has 7 heteroatoms. The van der Waals surface area contributed by atoms with Crippen molar-refractivity contribution in [1.29, 1.82) is 0 Å². The highest BCUT2D eigenvalue weighted by molar-refractivity contribution is 7.09. The maximum absolute atomic E-state index is 13.2. The first kappa shape index (κ1) is 22.1. The predicted octanol–water partition coefficient (Wildman–Crippen LogP) is 6.37. The number of carbonyl (C=O) groups excluding carboxylic acids is 1. The molecule has 2 aromatic heterocycles. The normalized spacial score (nSPS) is 16.1. The number of aryl methyl sites for hydroxylation is 2. The van der Waals surface area contributed by atoms with Crippen LogP contribution in [-0.4, -0.2) is 21.1 Å². The molecule has 1 N–H and O–H groups in total. The highest BCUT2D eigenvalue weighted by Crippen LogP contribution is 2.38. The van der Waals surface area contributed by atoms with E-state index in [4.69, 9.17) is 9.51 Å². The van der Waals surface area contributed by atoms with Crippen LogP contribution in [0.5, 0.6) is 0 Å². The number of thiophene rings is 1. The molecule has 0 saturated heterocycles. The van der Waals surface area contributed by atoms with E-state index in [-0.39, 0.29) is 12.1 Å². The van der Waals surface area contributed by atoms with E-state index in [1.165, 1.54) is 11.1 Å². The van der Waals surface area contributed by atoms with E-state index in [9.17, 15) is 4.79 Å². The fourth-order valence-corrected chi connectivity index (χ4v) is 4.85. The Morgan fingerprint density at radius 2 is 1.82 bits per heavy atom. The van der Waals surface area contributed by atoms with Gasteiger partial charge in [0, 0.05) is 16.1 Å². The molecule has 172 valence electrons. The molecule has 0 bridgehead atoms. The third-order valence-corrected chi connectivity index (χ3v) is 7.04. The quantitative estimate of drug-likeness (QED) is 0.356. The smallest absolute Gasteiger partial charge is 0.322 e. The van der Waals surface area contributed by atoms with Gasteiger partial charge in [-0.15, -0.1) is 11.3 Å². The fourth-order valence-electron chi connectivity index (χ4n) is 4.16. The molecule has 0 aliphatic carbocycles. The summed E-state index contributed by atoms with van der Waals surface area (Å²) < 4.78 is 5.78. The van der Waals surface area contributed by atoms with Crippen LogP contribution in [0.2, 0.25) is 0 Å². The first-order valence-corrected chi connectivity index (χ1v) is 12.2. The Morgan fingerprint density at radius 3 is 2.50 bits per heavy atom. The number of amides is 2. The van der Waals surface area contributed by atoms with Crippen LogP contribution in [0.4, 0.5) is 4.79 Å². The van der Waals surface area contributed by atoms with Crippen LogP contribution >= 0.6 is 11.3 Å². The van der Waals surface area contributed by atoms with Crippen molar-refractivity contribution in [2.75, 3.05) is 0 Å². The molecule has 6 nitrogen and oxygen atoms in total. The monoisotopic (exact) mass is 470 g/mol. The summed E-state index contributed by atoms with van der Waals surface area (Å²) in [4.78, 5) is 20.8. The molecule has 0 radical (unpaired) electrons. The second kappa shape index (κ2) is 9.27. The number of rotatable bonds is 6. The Bertz CT molecular complexity index is 1320. The Hall–Kier alpha value is -3.71. The van der Waals surface area contributed by atoms with Crippen molar-refractivity contribution in [2.45, 2.75) is 39.8 Å². The summed E-state index contributed by atoms with van der Waals surface area (Å²) in [6, 6.07) is 19.8. The molecular weight excluding hydrogens is 444 g/mol. The van der Waals surface area contributed by atoms with Crippen LogP contribution in [0.1, 0.15) is 47.3 Å². The average molecular weight is 471 g/mol. The zero-order valence-electron chi connectivity index (χ0n) is 19.4. The number of hydrogen-bond acceptors (Lipinski definition) is 5. The summed E-state index contributed by atoms with van der Waals surface area (Å²) in [5.41, 5.74) is 5.89. The minimum Gasteiger partial charge on any atom is -0.334 e. The van der Waals surface area contributed by atoms with Crippen LogP contribution in [0.3, 0.4) is 0 Å². The van der Waals surface area contributed by atoms with Gasteiger partial charge in [0.2, 0.25) is 5.82 Å². The Morgan fingerprint density at radius 1 is 1.06 bits per heavy atom. The lowest BCUT2D eigenvalue weighted by Gasteiger charge is -2.35. The molecular formula is C27H26N4O2S. The summed E-state index contributed by atoms with van der Waals surface area (Å²) in [7, 11) is 0. The molecule has 0 fully saturated rings. The van der Waals surface area contributed by atoms with E-state index >= 15 is 0 Å². The van der Waals surface area contributed by atoms with Crippen molar-refractivity contribution in [3.8, 4) is 11.4 Å². The van der Waals surface area contributed by atoms with Gasteiger partial charge in [0.05, 0.1) is 18.2 Å². The Balaban J connectivity index is 1.58. The molecule has 2 amide bonds. The third-order valence-electron chi connectivity index (χ3n) is 6.18. The lowest BCUT2D eigenvalue weighted by atomic mass is 9.93. The average Bonchev–Trinajstić information content (AvgIpc) is 3.54. The van der Waals surface area contributed by atoms with Crippen molar-refractivity contribution in [3.05, 3.63) is 99.2 Å². The van der Waals surface area contributed by atoms with Crippen LogP contribution in [0.15, 0.2) is 76.3 Å². The Labute approximate surface area is 202 Å². The molecule has 4 aromatic rings. The van der Waals surface area contributed by atoms with Gasteiger partial charge in [-0.1, -0.05) is 72.2 Å². The number of nitrogens with one attached hydrogen (secondary N) is 1. The van der Waals surface area contributed by atoms with E-state index in [1.54, 1.807) is 16.2 Å². The summed E-state index contributed by atoms with van der Waals surface area (Å²) in [5, 5.41) is 9.44. The summed E-state index contributed by atoms with van der Waals surface area (Å²) >= 11 is 1.63. The molecule has 3 heterocycles. The van der Waals surface area contributed by atoms with Crippen molar-refractivity contribution >= 4 is 22.9 Å². The molecule has 1 unspecified atom stereocenters. The Kier molecular flexibility index (Phi) is 6.02. The molecule has 2 aromatic carbocycles. The fraction of sp³-hybridized carbons (Fsp3) is 0.222. The third kappa shape index (κ3) is 4.26. The number of carbonyl (C=O) groups is 1. The minimum atomic E-state index is -0.385. The molecule has 0 spiro atoms. The standard InChI is InChI=1S/C27H26N4O2S/c1-4-19-9-13-20(14-10-19)24-23(18(3)31(27(32)28-24)16-22-6-5-15-34-22)26-29-25(30-33-26)21-11-7-17(2)8-12-21/h5-15,24H,4,16H2,1-3H3,(H,28,32). The topological polar surface area (TPSA) is 71.3 Å². The maximum atomic E-state index is 13.2. The van der Waals surface area contributed by atoms with E-state index in [0.29, 0.717) is 18.3 Å². The zero-order valence-corrected chi connectivity index (χ0v) is 20.2. The molecule has 1 aliphatic heterocycles. The van der Waals surface area contributed by atoms with Crippen LogP contribution in [-0.2, 0) is 13.0 Å². The predicted molar refractivity (Wildman–Crippen MR) is 134 cm³/mol. The van der Waals surface area contributed by atoms with E-state index in [2.05, 4.69) is 41.7 Å². The largest absolute Gasteiger partial charge is 0.334 e. The van der Waals surface area contributed by atoms with Gasteiger partial charge in [-0.05, 0) is 42.8 Å². The maximum Gasteiger partial charge on any atom is 0.322 e. The van der Waals surface area contributed by atoms with Crippen molar-refractivity contribution in [2.24, 2.45) is 0 Å². The number of aromatic nitrogens is 2. The summed E-state index contributed by atoms with van der Waals surface area (Å²) in [6.45, 7) is 6.60. The highest BCUT2D eigenvalue weighted by Gasteiger charge is 2.35. The number of nitrogens with zero attached hydrogens (tertiary/aromatic N) is 3. The zero-order chi connectivity index (χ0) is 23.7. The highest BCUT2D eigenvalue weighted by atomic mass is 32.1. The lowest BCUT2D eigenvalue weighted by Crippen LogP contribution is -2.45. The van der Waals surface area contributed by atoms with Crippen LogP contribution < -0.4 is 5.32 Å². The SMILES string of the molecule is CCc1ccc(C2NC(=O)N(Cc3cccs3)C(C)=C2c2nc(-c3ccc(C)cc3)no2)cc1. The second-order valence-corrected chi connectivity index (χ2v) is 9.46. The van der Waals surface area contributed by atoms with Crippen molar-refractivity contribution in [3.63, 3.8) is 0 Å². The molecule has 5 rings (SSSR count). The number of benzene rings is 2. The van der Waals surface area contributed by atoms with Gasteiger partial charge >= 0.3 is 6.03 Å². The summed E-state index contributed by atoms with van der Waals surface area (Å²) in [5.74, 6) is 0.936. The molecule has 1 aliphatic rings. The van der Waals surface area contributed by atoms with Gasteiger partial charge in [0.15, 0.2) is 0 Å². The number of allylic oxidation sites excluding steroid dienone is 1. The first-order chi connectivity index (χ1) is 16.5. The van der Waals surface area contributed by atoms with Gasteiger partial charge in [0.1, 0.15) is 0 Å². The molecule has 0 saturated carbocycles. The molecule has 1 atom stereocenters. The van der Waals surface area contributed by atoms with Crippen molar-refractivity contribution in [1.82, 2.24) is 20.4 Å². The van der Waals surface area contributed by atoms with Gasteiger partial charge in [0.25, 0.3) is 5.89 Å². The number of urea groups is 1. The number of hydrogen-bond donors (Lipinski definition) is 1. The first-order valence-electron chi connectivity index (χ1n) is 11.3. The van der Waals surface area contributed by atoms with Gasteiger partial charge < -0.3 is 9.84 Å². The van der Waals surface area contributed by atoms with Crippen LogP contribution in [0.25, 0.3) is 17.0 Å². The van der Waals surface area contributed by atoms with Gasteiger partial charge in [-0.2, -0.15) is 4.98 Å². The van der Waals surface area contributed by atoms with E-state index in [0.717, 1.165) is 33.7 Å². The molecule has 34 heavy (non-hydrogen) atoms.